The Morgan fingerprint density at radius 3 is 2.15 bits per heavy atom. The average molecular weight is 354 g/mol. The highest BCUT2D eigenvalue weighted by Gasteiger charge is 2.31. The standard InChI is InChI=1S/C23H31NO2/c1-17-12-10-11-15-21(17)19(3)24(26-23(4,5)6)22(25)18(2)16-20-13-8-7-9-14-20/h7-15,18-19H,16H2,1-6H3/t18-,19-/m1/s1. The van der Waals surface area contributed by atoms with Gasteiger partial charge >= 0.3 is 0 Å². The van der Waals surface area contributed by atoms with Crippen LogP contribution in [0.2, 0.25) is 0 Å². The summed E-state index contributed by atoms with van der Waals surface area (Å²) >= 11 is 0. The second-order valence-electron chi connectivity index (χ2n) is 7.99. The van der Waals surface area contributed by atoms with Gasteiger partial charge in [-0.2, -0.15) is 0 Å². The summed E-state index contributed by atoms with van der Waals surface area (Å²) < 4.78 is 0. The maximum absolute atomic E-state index is 13.3. The molecule has 26 heavy (non-hydrogen) atoms. The van der Waals surface area contributed by atoms with Crippen LogP contribution in [0.25, 0.3) is 0 Å². The summed E-state index contributed by atoms with van der Waals surface area (Å²) in [5, 5.41) is 1.58. The molecule has 0 saturated heterocycles. The SMILES string of the molecule is Cc1ccccc1[C@@H](C)N(OC(C)(C)C)C(=O)[C@H](C)Cc1ccccc1. The second kappa shape index (κ2) is 8.50. The van der Waals surface area contributed by atoms with Crippen molar-refractivity contribution in [3.63, 3.8) is 0 Å². The number of benzene rings is 2. The van der Waals surface area contributed by atoms with Crippen molar-refractivity contribution in [2.75, 3.05) is 0 Å². The lowest BCUT2D eigenvalue weighted by Gasteiger charge is -2.36. The van der Waals surface area contributed by atoms with Crippen LogP contribution < -0.4 is 0 Å². The van der Waals surface area contributed by atoms with E-state index in [0.717, 1.165) is 16.7 Å². The van der Waals surface area contributed by atoms with Crippen LogP contribution in [0.15, 0.2) is 54.6 Å². The van der Waals surface area contributed by atoms with Crippen LogP contribution in [0.1, 0.15) is 57.4 Å². The molecule has 2 rings (SSSR count). The summed E-state index contributed by atoms with van der Waals surface area (Å²) in [6, 6.07) is 18.1. The number of amides is 1. The molecule has 0 unspecified atom stereocenters. The van der Waals surface area contributed by atoms with Gasteiger partial charge in [-0.25, -0.2) is 5.06 Å². The van der Waals surface area contributed by atoms with Crippen molar-refractivity contribution in [2.45, 2.75) is 59.6 Å². The Kier molecular flexibility index (Phi) is 6.60. The van der Waals surface area contributed by atoms with Gasteiger partial charge in [-0.1, -0.05) is 61.5 Å². The van der Waals surface area contributed by atoms with E-state index in [9.17, 15) is 4.79 Å². The zero-order chi connectivity index (χ0) is 19.3. The van der Waals surface area contributed by atoms with E-state index >= 15 is 0 Å². The van der Waals surface area contributed by atoms with Gasteiger partial charge in [-0.05, 0) is 57.7 Å². The molecular formula is C23H31NO2. The molecule has 2 aromatic rings. The van der Waals surface area contributed by atoms with E-state index < -0.39 is 5.60 Å². The fourth-order valence-corrected chi connectivity index (χ4v) is 3.06. The molecule has 3 nitrogen and oxygen atoms in total. The molecule has 0 N–H and O–H groups in total. The second-order valence-corrected chi connectivity index (χ2v) is 7.99. The van der Waals surface area contributed by atoms with E-state index in [1.165, 1.54) is 0 Å². The molecular weight excluding hydrogens is 322 g/mol. The van der Waals surface area contributed by atoms with Crippen molar-refractivity contribution in [1.29, 1.82) is 0 Å². The van der Waals surface area contributed by atoms with Crippen LogP contribution in [0, 0.1) is 12.8 Å². The Balaban J connectivity index is 2.25. The number of rotatable bonds is 6. The Hall–Kier alpha value is -2.13. The first-order chi connectivity index (χ1) is 12.2. The predicted octanol–water partition coefficient (Wildman–Crippen LogP) is 5.49. The van der Waals surface area contributed by atoms with E-state index in [4.69, 9.17) is 4.84 Å². The van der Waals surface area contributed by atoms with Crippen LogP contribution >= 0.6 is 0 Å². The van der Waals surface area contributed by atoms with Crippen molar-refractivity contribution in [1.82, 2.24) is 5.06 Å². The van der Waals surface area contributed by atoms with Crippen molar-refractivity contribution < 1.29 is 9.63 Å². The molecule has 140 valence electrons. The number of hydroxylamine groups is 2. The summed E-state index contributed by atoms with van der Waals surface area (Å²) in [5.74, 6) is -0.147. The smallest absolute Gasteiger partial charge is 0.249 e. The highest BCUT2D eigenvalue weighted by Crippen LogP contribution is 2.28. The lowest BCUT2D eigenvalue weighted by atomic mass is 9.98. The van der Waals surface area contributed by atoms with Crippen LogP contribution in [0.3, 0.4) is 0 Å². The Morgan fingerprint density at radius 1 is 1.00 bits per heavy atom. The zero-order valence-corrected chi connectivity index (χ0v) is 16.8. The molecule has 0 aliphatic carbocycles. The third kappa shape index (κ3) is 5.43. The van der Waals surface area contributed by atoms with Gasteiger partial charge in [0, 0.05) is 5.92 Å². The third-order valence-corrected chi connectivity index (χ3v) is 4.39. The van der Waals surface area contributed by atoms with E-state index in [-0.39, 0.29) is 17.9 Å². The van der Waals surface area contributed by atoms with Crippen LogP contribution in [0.4, 0.5) is 0 Å². The molecule has 0 aliphatic heterocycles. The number of hydrogen-bond donors (Lipinski definition) is 0. The van der Waals surface area contributed by atoms with E-state index in [1.54, 1.807) is 5.06 Å². The summed E-state index contributed by atoms with van der Waals surface area (Å²) in [5.41, 5.74) is 2.98. The zero-order valence-electron chi connectivity index (χ0n) is 16.8. The maximum Gasteiger partial charge on any atom is 0.249 e. The van der Waals surface area contributed by atoms with E-state index in [0.29, 0.717) is 6.42 Å². The molecule has 0 aromatic heterocycles. The third-order valence-electron chi connectivity index (χ3n) is 4.39. The normalized spacial score (nSPS) is 13.9. The Morgan fingerprint density at radius 2 is 1.58 bits per heavy atom. The molecule has 0 saturated carbocycles. The molecule has 3 heteroatoms. The number of aryl methyl sites for hydroxylation is 1. The van der Waals surface area contributed by atoms with Crippen LogP contribution in [0.5, 0.6) is 0 Å². The average Bonchev–Trinajstić information content (AvgIpc) is 2.59. The fraction of sp³-hybridized carbons (Fsp3) is 0.435. The summed E-state index contributed by atoms with van der Waals surface area (Å²) in [6.07, 6.45) is 0.699. The molecule has 0 radical (unpaired) electrons. The van der Waals surface area contributed by atoms with E-state index in [2.05, 4.69) is 31.2 Å². The number of carbonyl (C=O) groups excluding carboxylic acids is 1. The lowest BCUT2D eigenvalue weighted by Crippen LogP contribution is -2.43. The minimum absolute atomic E-state index is 0.0135. The number of carbonyl (C=O) groups is 1. The highest BCUT2D eigenvalue weighted by molar-refractivity contribution is 5.78. The first-order valence-corrected chi connectivity index (χ1v) is 9.30. The van der Waals surface area contributed by atoms with E-state index in [1.807, 2.05) is 65.0 Å². The van der Waals surface area contributed by atoms with Gasteiger partial charge in [0.1, 0.15) is 0 Å². The summed E-state index contributed by atoms with van der Waals surface area (Å²) in [4.78, 5) is 19.4. The van der Waals surface area contributed by atoms with Gasteiger partial charge in [0.2, 0.25) is 5.91 Å². The van der Waals surface area contributed by atoms with Gasteiger partial charge in [-0.15, -0.1) is 0 Å². The largest absolute Gasteiger partial charge is 0.272 e. The molecule has 0 fully saturated rings. The topological polar surface area (TPSA) is 29.5 Å². The molecule has 2 atom stereocenters. The number of hydrogen-bond acceptors (Lipinski definition) is 2. The van der Waals surface area contributed by atoms with Crippen LogP contribution in [-0.2, 0) is 16.1 Å². The minimum Gasteiger partial charge on any atom is -0.272 e. The quantitative estimate of drug-likeness (QED) is 0.642. The van der Waals surface area contributed by atoms with Crippen LogP contribution in [-0.4, -0.2) is 16.6 Å². The molecule has 0 spiro atoms. The monoisotopic (exact) mass is 353 g/mol. The van der Waals surface area contributed by atoms with Crippen molar-refractivity contribution in [2.24, 2.45) is 5.92 Å². The predicted molar refractivity (Wildman–Crippen MR) is 107 cm³/mol. The first-order valence-electron chi connectivity index (χ1n) is 9.30. The maximum atomic E-state index is 13.3. The molecule has 0 heterocycles. The number of nitrogens with zero attached hydrogens (tertiary/aromatic N) is 1. The van der Waals surface area contributed by atoms with Gasteiger partial charge in [0.15, 0.2) is 0 Å². The fourth-order valence-electron chi connectivity index (χ4n) is 3.06. The van der Waals surface area contributed by atoms with Gasteiger partial charge in [0.25, 0.3) is 0 Å². The van der Waals surface area contributed by atoms with Gasteiger partial charge in [-0.3, -0.25) is 9.63 Å². The van der Waals surface area contributed by atoms with Gasteiger partial charge in [0.05, 0.1) is 11.6 Å². The van der Waals surface area contributed by atoms with Crippen molar-refractivity contribution >= 4 is 5.91 Å². The van der Waals surface area contributed by atoms with Crippen molar-refractivity contribution in [3.05, 3.63) is 71.3 Å². The molecule has 0 aliphatic rings. The van der Waals surface area contributed by atoms with Crippen molar-refractivity contribution in [3.8, 4) is 0 Å². The summed E-state index contributed by atoms with van der Waals surface area (Å²) in [7, 11) is 0. The summed E-state index contributed by atoms with van der Waals surface area (Å²) in [6.45, 7) is 12.0. The first kappa shape index (κ1) is 20.2. The highest BCUT2D eigenvalue weighted by atomic mass is 16.7. The molecule has 2 aromatic carbocycles. The Bertz CT molecular complexity index is 718. The molecule has 1 amide bonds. The van der Waals surface area contributed by atoms with Gasteiger partial charge < -0.3 is 0 Å². The lowest BCUT2D eigenvalue weighted by molar-refractivity contribution is -0.245. The minimum atomic E-state index is -0.445. The molecule has 0 bridgehead atoms. The Labute approximate surface area is 157 Å².